The molecule has 0 bridgehead atoms. The van der Waals surface area contributed by atoms with Crippen molar-refractivity contribution in [3.8, 4) is 6.07 Å². The molecule has 1 aromatic carbocycles. The molecule has 92 valence electrons. The first-order chi connectivity index (χ1) is 8.05. The lowest BCUT2D eigenvalue weighted by Gasteiger charge is -2.26. The molecule has 0 fully saturated rings. The van der Waals surface area contributed by atoms with Gasteiger partial charge in [-0.1, -0.05) is 44.2 Å². The number of hydrogen-bond acceptors (Lipinski definition) is 2. The average molecular weight is 230 g/mol. The molecular weight excluding hydrogens is 208 g/mol. The Bertz CT molecular complexity index is 362. The second kappa shape index (κ2) is 6.42. The number of benzene rings is 1. The predicted octanol–water partition coefficient (Wildman–Crippen LogP) is 3.67. The van der Waals surface area contributed by atoms with Crippen LogP contribution in [0.1, 0.15) is 45.2 Å². The van der Waals surface area contributed by atoms with E-state index in [2.05, 4.69) is 56.4 Å². The first kappa shape index (κ1) is 13.7. The van der Waals surface area contributed by atoms with E-state index in [-0.39, 0.29) is 5.41 Å². The van der Waals surface area contributed by atoms with Gasteiger partial charge in [-0.3, -0.25) is 0 Å². The zero-order valence-electron chi connectivity index (χ0n) is 11.0. The van der Waals surface area contributed by atoms with Gasteiger partial charge < -0.3 is 5.32 Å². The van der Waals surface area contributed by atoms with Gasteiger partial charge in [0.1, 0.15) is 0 Å². The zero-order chi connectivity index (χ0) is 12.7. The largest absolute Gasteiger partial charge is 0.310 e. The Morgan fingerprint density at radius 3 is 2.53 bits per heavy atom. The molecule has 2 nitrogen and oxygen atoms in total. The van der Waals surface area contributed by atoms with Gasteiger partial charge in [-0.05, 0) is 24.3 Å². The summed E-state index contributed by atoms with van der Waals surface area (Å²) in [5.41, 5.74) is 1.49. The number of nitrogens with zero attached hydrogens (tertiary/aromatic N) is 1. The van der Waals surface area contributed by atoms with Crippen LogP contribution in [0.5, 0.6) is 0 Å². The maximum atomic E-state index is 8.61. The minimum atomic E-state index is 0.179. The standard InChI is InChI=1S/C15H22N2/c1-13(14-8-5-4-6-9-14)17-12-15(2,3)10-7-11-16/h4-6,8-9,13,17H,7,10,12H2,1-3H3/t13-/m0/s1. The van der Waals surface area contributed by atoms with E-state index < -0.39 is 0 Å². The SMILES string of the molecule is C[C@H](NCC(C)(C)CCC#N)c1ccccc1. The van der Waals surface area contributed by atoms with Gasteiger partial charge in [-0.15, -0.1) is 0 Å². The van der Waals surface area contributed by atoms with Gasteiger partial charge in [0.25, 0.3) is 0 Å². The Morgan fingerprint density at radius 2 is 1.94 bits per heavy atom. The fourth-order valence-corrected chi connectivity index (χ4v) is 1.77. The Kier molecular flexibility index (Phi) is 5.18. The highest BCUT2D eigenvalue weighted by Crippen LogP contribution is 2.22. The molecule has 0 saturated heterocycles. The Labute approximate surface area is 105 Å². The maximum absolute atomic E-state index is 8.61. The van der Waals surface area contributed by atoms with Crippen LogP contribution in [0.25, 0.3) is 0 Å². The molecule has 1 aromatic rings. The Hall–Kier alpha value is -1.33. The molecule has 0 unspecified atom stereocenters. The third kappa shape index (κ3) is 5.01. The van der Waals surface area contributed by atoms with Gasteiger partial charge in [0.15, 0.2) is 0 Å². The summed E-state index contributed by atoms with van der Waals surface area (Å²) in [6.45, 7) is 7.52. The molecule has 1 rings (SSSR count). The molecule has 0 aliphatic heterocycles. The normalized spacial score (nSPS) is 13.1. The predicted molar refractivity (Wildman–Crippen MR) is 71.5 cm³/mol. The number of hydrogen-bond donors (Lipinski definition) is 1. The summed E-state index contributed by atoms with van der Waals surface area (Å²) in [6, 6.07) is 13.0. The highest BCUT2D eigenvalue weighted by Gasteiger charge is 2.18. The summed E-state index contributed by atoms with van der Waals surface area (Å²) in [6.07, 6.45) is 1.58. The van der Waals surface area contributed by atoms with Gasteiger partial charge in [-0.2, -0.15) is 5.26 Å². The molecule has 0 aliphatic carbocycles. The van der Waals surface area contributed by atoms with Crippen LogP contribution >= 0.6 is 0 Å². The highest BCUT2D eigenvalue weighted by atomic mass is 14.9. The van der Waals surface area contributed by atoms with Crippen LogP contribution in [-0.4, -0.2) is 6.54 Å². The Morgan fingerprint density at radius 1 is 1.29 bits per heavy atom. The molecule has 0 aromatic heterocycles. The van der Waals surface area contributed by atoms with Crippen molar-refractivity contribution in [3.05, 3.63) is 35.9 Å². The van der Waals surface area contributed by atoms with Gasteiger partial charge in [-0.25, -0.2) is 0 Å². The summed E-state index contributed by atoms with van der Waals surface area (Å²) in [4.78, 5) is 0. The topological polar surface area (TPSA) is 35.8 Å². The maximum Gasteiger partial charge on any atom is 0.0621 e. The van der Waals surface area contributed by atoms with E-state index in [0.717, 1.165) is 13.0 Å². The van der Waals surface area contributed by atoms with Crippen LogP contribution in [0.2, 0.25) is 0 Å². The van der Waals surface area contributed by atoms with E-state index in [4.69, 9.17) is 5.26 Å². The summed E-state index contributed by atoms with van der Waals surface area (Å²) in [5, 5.41) is 12.2. The molecular formula is C15H22N2. The first-order valence-corrected chi connectivity index (χ1v) is 6.20. The third-order valence-electron chi connectivity index (χ3n) is 3.10. The molecule has 1 N–H and O–H groups in total. The lowest BCUT2D eigenvalue weighted by Crippen LogP contribution is -2.31. The van der Waals surface area contributed by atoms with E-state index in [9.17, 15) is 0 Å². The molecule has 0 saturated carbocycles. The van der Waals surface area contributed by atoms with Crippen molar-refractivity contribution < 1.29 is 0 Å². The summed E-state index contributed by atoms with van der Waals surface area (Å²) in [7, 11) is 0. The van der Waals surface area contributed by atoms with Crippen molar-refractivity contribution in [2.75, 3.05) is 6.54 Å². The van der Waals surface area contributed by atoms with Crippen molar-refractivity contribution >= 4 is 0 Å². The van der Waals surface area contributed by atoms with Gasteiger partial charge in [0.2, 0.25) is 0 Å². The molecule has 0 aliphatic rings. The van der Waals surface area contributed by atoms with Gasteiger partial charge >= 0.3 is 0 Å². The fourth-order valence-electron chi connectivity index (χ4n) is 1.77. The van der Waals surface area contributed by atoms with Crippen LogP contribution in [0.3, 0.4) is 0 Å². The minimum Gasteiger partial charge on any atom is -0.310 e. The second-order valence-corrected chi connectivity index (χ2v) is 5.34. The fraction of sp³-hybridized carbons (Fsp3) is 0.533. The molecule has 0 radical (unpaired) electrons. The highest BCUT2D eigenvalue weighted by molar-refractivity contribution is 5.18. The van der Waals surface area contributed by atoms with Crippen molar-refractivity contribution in [2.24, 2.45) is 5.41 Å². The molecule has 17 heavy (non-hydrogen) atoms. The van der Waals surface area contributed by atoms with Gasteiger partial charge in [0, 0.05) is 19.0 Å². The van der Waals surface area contributed by atoms with E-state index >= 15 is 0 Å². The van der Waals surface area contributed by atoms with E-state index in [1.54, 1.807) is 0 Å². The molecule has 0 spiro atoms. The quantitative estimate of drug-likeness (QED) is 0.809. The summed E-state index contributed by atoms with van der Waals surface area (Å²) >= 11 is 0. The minimum absolute atomic E-state index is 0.179. The zero-order valence-corrected chi connectivity index (χ0v) is 11.0. The third-order valence-corrected chi connectivity index (χ3v) is 3.10. The van der Waals surface area contributed by atoms with E-state index in [1.807, 2.05) is 6.07 Å². The van der Waals surface area contributed by atoms with Crippen molar-refractivity contribution in [2.45, 2.75) is 39.7 Å². The lowest BCUT2D eigenvalue weighted by atomic mass is 9.87. The van der Waals surface area contributed by atoms with E-state index in [1.165, 1.54) is 5.56 Å². The number of nitriles is 1. The lowest BCUT2D eigenvalue weighted by molar-refractivity contribution is 0.305. The number of rotatable bonds is 6. The molecule has 1 atom stereocenters. The average Bonchev–Trinajstić information content (AvgIpc) is 2.35. The summed E-state index contributed by atoms with van der Waals surface area (Å²) in [5.74, 6) is 0. The van der Waals surface area contributed by atoms with Crippen LogP contribution in [0.15, 0.2) is 30.3 Å². The van der Waals surface area contributed by atoms with Crippen molar-refractivity contribution in [1.29, 1.82) is 5.26 Å². The smallest absolute Gasteiger partial charge is 0.0621 e. The van der Waals surface area contributed by atoms with Crippen LogP contribution in [-0.2, 0) is 0 Å². The van der Waals surface area contributed by atoms with Gasteiger partial charge in [0.05, 0.1) is 6.07 Å². The molecule has 0 heterocycles. The number of nitrogens with one attached hydrogen (secondary N) is 1. The van der Waals surface area contributed by atoms with Crippen LogP contribution in [0, 0.1) is 16.7 Å². The van der Waals surface area contributed by atoms with Crippen molar-refractivity contribution in [3.63, 3.8) is 0 Å². The molecule has 2 heteroatoms. The second-order valence-electron chi connectivity index (χ2n) is 5.34. The summed E-state index contributed by atoms with van der Waals surface area (Å²) < 4.78 is 0. The molecule has 0 amide bonds. The van der Waals surface area contributed by atoms with Crippen LogP contribution in [0.4, 0.5) is 0 Å². The first-order valence-electron chi connectivity index (χ1n) is 6.20. The van der Waals surface area contributed by atoms with Crippen molar-refractivity contribution in [1.82, 2.24) is 5.32 Å². The van der Waals surface area contributed by atoms with E-state index in [0.29, 0.717) is 12.5 Å². The van der Waals surface area contributed by atoms with Crippen LogP contribution < -0.4 is 5.32 Å². The monoisotopic (exact) mass is 230 g/mol. The Balaban J connectivity index is 2.43.